The molecule has 0 aromatic rings. The SMILES string of the molecule is CC(C)C(C)COS(=O)[O-]. The van der Waals surface area contributed by atoms with E-state index in [0.717, 1.165) is 0 Å². The normalized spacial score (nSPS) is 17.3. The standard InChI is InChI=1S/C6H14O3S/c1-5(2)6(3)4-9-10(7)8/h5-6H,4H2,1-3H3,(H,7,8)/p-1. The third-order valence-electron chi connectivity index (χ3n) is 1.57. The Morgan fingerprint density at radius 3 is 2.30 bits per heavy atom. The van der Waals surface area contributed by atoms with Crippen LogP contribution < -0.4 is 0 Å². The Bertz CT molecular complexity index is 114. The zero-order valence-electron chi connectivity index (χ0n) is 6.49. The highest BCUT2D eigenvalue weighted by molar-refractivity contribution is 7.74. The summed E-state index contributed by atoms with van der Waals surface area (Å²) >= 11 is -2.35. The van der Waals surface area contributed by atoms with Crippen LogP contribution in [0.2, 0.25) is 0 Å². The second-order valence-electron chi connectivity index (χ2n) is 2.71. The van der Waals surface area contributed by atoms with Crippen LogP contribution in [-0.2, 0) is 15.5 Å². The Hall–Kier alpha value is 0.0700. The van der Waals surface area contributed by atoms with Crippen molar-refractivity contribution in [1.82, 2.24) is 0 Å². The van der Waals surface area contributed by atoms with Gasteiger partial charge in [0, 0.05) is 0 Å². The molecule has 0 bridgehead atoms. The van der Waals surface area contributed by atoms with Crippen LogP contribution in [0.4, 0.5) is 0 Å². The van der Waals surface area contributed by atoms with Gasteiger partial charge in [0.15, 0.2) is 0 Å². The summed E-state index contributed by atoms with van der Waals surface area (Å²) in [6.07, 6.45) is 0. The van der Waals surface area contributed by atoms with Crippen molar-refractivity contribution in [1.29, 1.82) is 0 Å². The van der Waals surface area contributed by atoms with Gasteiger partial charge >= 0.3 is 0 Å². The van der Waals surface area contributed by atoms with Crippen LogP contribution in [0.5, 0.6) is 0 Å². The molecule has 0 rings (SSSR count). The lowest BCUT2D eigenvalue weighted by molar-refractivity contribution is 0.221. The summed E-state index contributed by atoms with van der Waals surface area (Å²) in [5.41, 5.74) is 0. The predicted molar refractivity (Wildman–Crippen MR) is 38.9 cm³/mol. The van der Waals surface area contributed by atoms with Crippen LogP contribution >= 0.6 is 0 Å². The smallest absolute Gasteiger partial charge is 0.0842 e. The van der Waals surface area contributed by atoms with Gasteiger partial charge in [-0.3, -0.25) is 0 Å². The molecule has 0 saturated carbocycles. The first kappa shape index (κ1) is 10.1. The first-order chi connectivity index (χ1) is 4.54. The van der Waals surface area contributed by atoms with Crippen molar-refractivity contribution in [2.75, 3.05) is 6.61 Å². The van der Waals surface area contributed by atoms with E-state index in [-0.39, 0.29) is 12.5 Å². The summed E-state index contributed by atoms with van der Waals surface area (Å²) in [6, 6.07) is 0. The molecule has 0 heterocycles. The van der Waals surface area contributed by atoms with Crippen molar-refractivity contribution in [3.05, 3.63) is 0 Å². The van der Waals surface area contributed by atoms with E-state index in [2.05, 4.69) is 4.18 Å². The molecule has 0 aliphatic rings. The van der Waals surface area contributed by atoms with Gasteiger partial charge in [0.05, 0.1) is 18.0 Å². The number of hydrogen-bond acceptors (Lipinski definition) is 3. The molecule has 0 N–H and O–H groups in total. The molecule has 0 saturated heterocycles. The monoisotopic (exact) mass is 165 g/mol. The van der Waals surface area contributed by atoms with Gasteiger partial charge in [0.2, 0.25) is 0 Å². The van der Waals surface area contributed by atoms with Crippen LogP contribution in [0, 0.1) is 11.8 Å². The molecule has 0 aromatic heterocycles. The molecule has 2 atom stereocenters. The molecule has 3 nitrogen and oxygen atoms in total. The van der Waals surface area contributed by atoms with E-state index in [9.17, 15) is 8.76 Å². The first-order valence-electron chi connectivity index (χ1n) is 3.26. The van der Waals surface area contributed by atoms with Crippen LogP contribution in [0.3, 0.4) is 0 Å². The molecule has 0 radical (unpaired) electrons. The predicted octanol–water partition coefficient (Wildman–Crippen LogP) is 1.09. The maximum Gasteiger partial charge on any atom is 0.0842 e. The van der Waals surface area contributed by atoms with Crippen LogP contribution in [0.25, 0.3) is 0 Å². The van der Waals surface area contributed by atoms with Crippen molar-refractivity contribution in [2.45, 2.75) is 20.8 Å². The van der Waals surface area contributed by atoms with E-state index < -0.39 is 11.4 Å². The molecule has 0 spiro atoms. The van der Waals surface area contributed by atoms with Crippen LogP contribution in [0.15, 0.2) is 0 Å². The summed E-state index contributed by atoms with van der Waals surface area (Å²) in [6.45, 7) is 6.30. The van der Waals surface area contributed by atoms with Gasteiger partial charge in [-0.2, -0.15) is 0 Å². The van der Waals surface area contributed by atoms with E-state index in [1.165, 1.54) is 0 Å². The Morgan fingerprint density at radius 2 is 2.00 bits per heavy atom. The van der Waals surface area contributed by atoms with Crippen molar-refractivity contribution in [3.8, 4) is 0 Å². The van der Waals surface area contributed by atoms with Gasteiger partial charge < -0.3 is 8.74 Å². The molecule has 10 heavy (non-hydrogen) atoms. The first-order valence-corrected chi connectivity index (χ1v) is 4.26. The van der Waals surface area contributed by atoms with Gasteiger partial charge in [-0.25, -0.2) is 4.21 Å². The maximum atomic E-state index is 9.90. The fourth-order valence-electron chi connectivity index (χ4n) is 0.355. The molecular formula is C6H13O3S-. The fourth-order valence-corrected chi connectivity index (χ4v) is 0.681. The lowest BCUT2D eigenvalue weighted by atomic mass is 10.00. The number of hydrogen-bond donors (Lipinski definition) is 0. The highest BCUT2D eigenvalue weighted by Gasteiger charge is 2.06. The molecule has 0 aliphatic carbocycles. The molecular weight excluding hydrogens is 152 g/mol. The Labute approximate surface area is 64.3 Å². The summed E-state index contributed by atoms with van der Waals surface area (Å²) in [5.74, 6) is 0.751. The largest absolute Gasteiger partial charge is 0.750 e. The Balaban J connectivity index is 3.39. The van der Waals surface area contributed by atoms with Gasteiger partial charge in [0.25, 0.3) is 0 Å². The number of rotatable bonds is 4. The summed E-state index contributed by atoms with van der Waals surface area (Å²) in [4.78, 5) is 0. The zero-order valence-corrected chi connectivity index (χ0v) is 7.31. The van der Waals surface area contributed by atoms with E-state index in [1.54, 1.807) is 0 Å². The van der Waals surface area contributed by atoms with Crippen molar-refractivity contribution in [3.63, 3.8) is 0 Å². The van der Waals surface area contributed by atoms with Crippen LogP contribution in [0.1, 0.15) is 20.8 Å². The van der Waals surface area contributed by atoms with Crippen molar-refractivity contribution in [2.24, 2.45) is 11.8 Å². The van der Waals surface area contributed by atoms with Crippen molar-refractivity contribution < 1.29 is 12.9 Å². The average Bonchev–Trinajstić information content (AvgIpc) is 1.82. The third-order valence-corrected chi connectivity index (χ3v) is 1.89. The molecule has 0 aliphatic heterocycles. The van der Waals surface area contributed by atoms with E-state index >= 15 is 0 Å². The lowest BCUT2D eigenvalue weighted by Crippen LogP contribution is -2.12. The van der Waals surface area contributed by atoms with Gasteiger partial charge in [-0.05, 0) is 11.8 Å². The van der Waals surface area contributed by atoms with Gasteiger partial charge in [-0.1, -0.05) is 20.8 Å². The zero-order chi connectivity index (χ0) is 8.15. The van der Waals surface area contributed by atoms with E-state index in [4.69, 9.17) is 0 Å². The Morgan fingerprint density at radius 1 is 1.50 bits per heavy atom. The topological polar surface area (TPSA) is 49.4 Å². The molecule has 4 heteroatoms. The van der Waals surface area contributed by atoms with Gasteiger partial charge in [0.1, 0.15) is 0 Å². The van der Waals surface area contributed by atoms with Gasteiger partial charge in [-0.15, -0.1) is 0 Å². The van der Waals surface area contributed by atoms with E-state index in [1.807, 2.05) is 20.8 Å². The fraction of sp³-hybridized carbons (Fsp3) is 1.00. The minimum absolute atomic E-state index is 0.285. The molecule has 2 unspecified atom stereocenters. The van der Waals surface area contributed by atoms with Crippen LogP contribution in [-0.4, -0.2) is 15.4 Å². The summed E-state index contributed by atoms with van der Waals surface area (Å²) < 4.78 is 24.2. The van der Waals surface area contributed by atoms with Crippen molar-refractivity contribution >= 4 is 11.4 Å². The quantitative estimate of drug-likeness (QED) is 0.586. The summed E-state index contributed by atoms with van der Waals surface area (Å²) in [5, 5.41) is 0. The summed E-state index contributed by atoms with van der Waals surface area (Å²) in [7, 11) is 0. The highest BCUT2D eigenvalue weighted by Crippen LogP contribution is 2.09. The molecule has 0 aromatic carbocycles. The second kappa shape index (κ2) is 4.82. The lowest BCUT2D eigenvalue weighted by Gasteiger charge is -2.15. The molecule has 62 valence electrons. The van der Waals surface area contributed by atoms with E-state index in [0.29, 0.717) is 5.92 Å². The highest BCUT2D eigenvalue weighted by atomic mass is 32.2. The molecule has 0 fully saturated rings. The third kappa shape index (κ3) is 4.90. The average molecular weight is 165 g/mol. The minimum atomic E-state index is -2.35. The molecule has 0 amide bonds. The maximum absolute atomic E-state index is 9.90. The Kier molecular flexibility index (Phi) is 4.85. The minimum Gasteiger partial charge on any atom is -0.750 e. The second-order valence-corrected chi connectivity index (χ2v) is 3.35.